The number of benzene rings is 1. The molecular formula is C13H6F7N. The van der Waals surface area contributed by atoms with Gasteiger partial charge in [-0.3, -0.25) is 0 Å². The molecule has 0 saturated carbocycles. The number of alkyl halides is 6. The zero-order valence-electron chi connectivity index (χ0n) is 10.1. The van der Waals surface area contributed by atoms with Crippen LogP contribution in [0.25, 0.3) is 11.3 Å². The molecule has 1 aromatic heterocycles. The molecule has 0 radical (unpaired) electrons. The molecule has 21 heavy (non-hydrogen) atoms. The molecule has 0 amide bonds. The van der Waals surface area contributed by atoms with Gasteiger partial charge in [0.25, 0.3) is 0 Å². The van der Waals surface area contributed by atoms with Crippen molar-refractivity contribution in [2.45, 2.75) is 12.4 Å². The number of aromatic nitrogens is 1. The summed E-state index contributed by atoms with van der Waals surface area (Å²) in [6.45, 7) is 0. The molecule has 0 spiro atoms. The van der Waals surface area contributed by atoms with E-state index in [9.17, 15) is 30.7 Å². The van der Waals surface area contributed by atoms with Crippen molar-refractivity contribution < 1.29 is 30.7 Å². The first-order valence-electron chi connectivity index (χ1n) is 5.51. The van der Waals surface area contributed by atoms with Gasteiger partial charge >= 0.3 is 12.4 Å². The van der Waals surface area contributed by atoms with Gasteiger partial charge in [0.15, 0.2) is 11.5 Å². The zero-order valence-corrected chi connectivity index (χ0v) is 10.1. The monoisotopic (exact) mass is 309 g/mol. The average Bonchev–Trinajstić information content (AvgIpc) is 2.37. The third-order valence-electron chi connectivity index (χ3n) is 2.60. The summed E-state index contributed by atoms with van der Waals surface area (Å²) in [6, 6.07) is 7.19. The molecular weight excluding hydrogens is 303 g/mol. The van der Waals surface area contributed by atoms with E-state index in [0.29, 0.717) is 0 Å². The van der Waals surface area contributed by atoms with E-state index >= 15 is 0 Å². The summed E-state index contributed by atoms with van der Waals surface area (Å²) in [4.78, 5) is 2.99. The van der Waals surface area contributed by atoms with Gasteiger partial charge in [-0.1, -0.05) is 30.3 Å². The van der Waals surface area contributed by atoms with Gasteiger partial charge in [-0.2, -0.15) is 26.3 Å². The smallest absolute Gasteiger partial charge is 0.240 e. The van der Waals surface area contributed by atoms with Crippen LogP contribution in [0, 0.1) is 5.82 Å². The first-order valence-corrected chi connectivity index (χ1v) is 5.51. The molecule has 0 fully saturated rings. The number of hydrogen-bond acceptors (Lipinski definition) is 1. The Bertz CT molecular complexity index is 609. The highest BCUT2D eigenvalue weighted by Gasteiger charge is 2.43. The van der Waals surface area contributed by atoms with Crippen molar-refractivity contribution in [3.63, 3.8) is 0 Å². The number of nitrogens with zero attached hydrogens (tertiary/aromatic N) is 1. The van der Waals surface area contributed by atoms with Gasteiger partial charge in [0, 0.05) is 5.56 Å². The van der Waals surface area contributed by atoms with Crippen LogP contribution in [-0.4, -0.2) is 4.98 Å². The number of pyridine rings is 1. The standard InChI is InChI=1S/C13H6F7N/c14-10-8(12(15,16)17)6-9(7-4-2-1-3-5-7)21-11(10)13(18,19)20/h1-6H. The predicted octanol–water partition coefficient (Wildman–Crippen LogP) is 4.93. The molecule has 1 aromatic carbocycles. The van der Waals surface area contributed by atoms with Gasteiger partial charge in [0.2, 0.25) is 0 Å². The largest absolute Gasteiger partial charge is 0.436 e. The zero-order chi connectivity index (χ0) is 15.8. The topological polar surface area (TPSA) is 12.9 Å². The molecule has 1 heterocycles. The lowest BCUT2D eigenvalue weighted by Crippen LogP contribution is -2.18. The Kier molecular flexibility index (Phi) is 3.65. The molecule has 0 aliphatic heterocycles. The minimum Gasteiger partial charge on any atom is -0.240 e. The van der Waals surface area contributed by atoms with Crippen LogP contribution >= 0.6 is 0 Å². The molecule has 0 bridgehead atoms. The number of halogens is 7. The fourth-order valence-electron chi connectivity index (χ4n) is 1.68. The maximum absolute atomic E-state index is 13.5. The molecule has 0 aliphatic carbocycles. The van der Waals surface area contributed by atoms with Gasteiger partial charge in [0.05, 0.1) is 11.3 Å². The van der Waals surface area contributed by atoms with Crippen LogP contribution in [0.5, 0.6) is 0 Å². The molecule has 0 unspecified atom stereocenters. The van der Waals surface area contributed by atoms with E-state index in [-0.39, 0.29) is 11.6 Å². The minimum absolute atomic E-state index is 0.0218. The Morgan fingerprint density at radius 3 is 1.86 bits per heavy atom. The maximum atomic E-state index is 13.5. The fraction of sp³-hybridized carbons (Fsp3) is 0.154. The quantitative estimate of drug-likeness (QED) is 0.681. The molecule has 0 N–H and O–H groups in total. The molecule has 2 aromatic rings. The molecule has 0 atom stereocenters. The summed E-state index contributed by atoms with van der Waals surface area (Å²) in [5.74, 6) is -2.42. The fourth-order valence-corrected chi connectivity index (χ4v) is 1.68. The van der Waals surface area contributed by atoms with Gasteiger partial charge in [0.1, 0.15) is 0 Å². The highest BCUT2D eigenvalue weighted by Crippen LogP contribution is 2.39. The van der Waals surface area contributed by atoms with Gasteiger partial charge in [-0.15, -0.1) is 0 Å². The second-order valence-corrected chi connectivity index (χ2v) is 4.08. The van der Waals surface area contributed by atoms with Crippen LogP contribution in [-0.2, 0) is 12.4 Å². The van der Waals surface area contributed by atoms with Gasteiger partial charge < -0.3 is 0 Å². The summed E-state index contributed by atoms with van der Waals surface area (Å²) < 4.78 is 89.4. The van der Waals surface area contributed by atoms with Crippen molar-refractivity contribution in [2.24, 2.45) is 0 Å². The summed E-state index contributed by atoms with van der Waals surface area (Å²) in [5, 5.41) is 0. The molecule has 8 heteroatoms. The third-order valence-corrected chi connectivity index (χ3v) is 2.60. The molecule has 0 saturated heterocycles. The van der Waals surface area contributed by atoms with E-state index in [0.717, 1.165) is 0 Å². The predicted molar refractivity (Wildman–Crippen MR) is 59.6 cm³/mol. The second-order valence-electron chi connectivity index (χ2n) is 4.08. The Morgan fingerprint density at radius 1 is 0.810 bits per heavy atom. The van der Waals surface area contributed by atoms with Crippen LogP contribution in [0.1, 0.15) is 11.3 Å². The summed E-state index contributed by atoms with van der Waals surface area (Å²) >= 11 is 0. The van der Waals surface area contributed by atoms with Crippen LogP contribution in [0.4, 0.5) is 30.7 Å². The number of rotatable bonds is 1. The van der Waals surface area contributed by atoms with Gasteiger partial charge in [-0.25, -0.2) is 9.37 Å². The summed E-state index contributed by atoms with van der Waals surface area (Å²) in [7, 11) is 0. The van der Waals surface area contributed by atoms with Crippen molar-refractivity contribution in [3.8, 4) is 11.3 Å². The molecule has 2 rings (SSSR count). The second kappa shape index (κ2) is 5.01. The molecule has 1 nitrogen and oxygen atoms in total. The van der Waals surface area contributed by atoms with Crippen LogP contribution in [0.2, 0.25) is 0 Å². The lowest BCUT2D eigenvalue weighted by molar-refractivity contribution is -0.150. The SMILES string of the molecule is Fc1c(C(F)(F)F)cc(-c2ccccc2)nc1C(F)(F)F. The maximum Gasteiger partial charge on any atom is 0.436 e. The highest BCUT2D eigenvalue weighted by molar-refractivity contribution is 5.60. The van der Waals surface area contributed by atoms with Crippen LogP contribution in [0.15, 0.2) is 36.4 Å². The third kappa shape index (κ3) is 3.14. The first-order chi connectivity index (χ1) is 9.60. The Morgan fingerprint density at radius 2 is 1.38 bits per heavy atom. The molecule has 112 valence electrons. The summed E-state index contributed by atoms with van der Waals surface area (Å²) in [5.41, 5.74) is -4.76. The van der Waals surface area contributed by atoms with Crippen LogP contribution < -0.4 is 0 Å². The van der Waals surface area contributed by atoms with Crippen molar-refractivity contribution in [3.05, 3.63) is 53.5 Å². The van der Waals surface area contributed by atoms with E-state index in [1.165, 1.54) is 30.3 Å². The van der Waals surface area contributed by atoms with E-state index in [1.807, 2.05) is 0 Å². The summed E-state index contributed by atoms with van der Waals surface area (Å²) in [6.07, 6.45) is -10.6. The molecule has 0 aliphatic rings. The Labute approximate surface area is 114 Å². The lowest BCUT2D eigenvalue weighted by Gasteiger charge is -2.15. The van der Waals surface area contributed by atoms with E-state index in [1.54, 1.807) is 0 Å². The van der Waals surface area contributed by atoms with Crippen molar-refractivity contribution in [2.75, 3.05) is 0 Å². The van der Waals surface area contributed by atoms with E-state index in [2.05, 4.69) is 4.98 Å². The van der Waals surface area contributed by atoms with Crippen molar-refractivity contribution in [1.29, 1.82) is 0 Å². The van der Waals surface area contributed by atoms with E-state index in [4.69, 9.17) is 0 Å². The van der Waals surface area contributed by atoms with Gasteiger partial charge in [-0.05, 0) is 6.07 Å². The Hall–Kier alpha value is -2.12. The van der Waals surface area contributed by atoms with E-state index < -0.39 is 35.1 Å². The average molecular weight is 309 g/mol. The van der Waals surface area contributed by atoms with Crippen molar-refractivity contribution in [1.82, 2.24) is 4.98 Å². The van der Waals surface area contributed by atoms with Crippen LogP contribution in [0.3, 0.4) is 0 Å². The Balaban J connectivity index is 2.75. The lowest BCUT2D eigenvalue weighted by atomic mass is 10.1. The highest BCUT2D eigenvalue weighted by atomic mass is 19.4. The van der Waals surface area contributed by atoms with Crippen molar-refractivity contribution >= 4 is 0 Å². The normalized spacial score (nSPS) is 12.5. The first kappa shape index (κ1) is 15.3. The minimum atomic E-state index is -5.32. The number of hydrogen-bond donors (Lipinski definition) is 0.